The summed E-state index contributed by atoms with van der Waals surface area (Å²) in [6, 6.07) is 0. The van der Waals surface area contributed by atoms with Gasteiger partial charge >= 0.3 is 0 Å². The minimum absolute atomic E-state index is 0.540. The van der Waals surface area contributed by atoms with E-state index in [1.54, 1.807) is 0 Å². The van der Waals surface area contributed by atoms with Crippen LogP contribution in [0.15, 0.2) is 0 Å². The third-order valence-corrected chi connectivity index (χ3v) is 5.37. The van der Waals surface area contributed by atoms with E-state index in [0.29, 0.717) is 12.8 Å². The Morgan fingerprint density at radius 2 is 1.24 bits per heavy atom. The molecule has 2 atom stereocenters. The zero-order valence-electron chi connectivity index (χ0n) is 10.9. The molecule has 0 saturated heterocycles. The fraction of sp³-hybridized carbons (Fsp3) is 1.00. The van der Waals surface area contributed by atoms with Gasteiger partial charge in [0.1, 0.15) is 0 Å². The van der Waals surface area contributed by atoms with Crippen LogP contribution in [-0.4, -0.2) is 31.1 Å². The molecule has 0 radical (unpaired) electrons. The van der Waals surface area contributed by atoms with Crippen LogP contribution in [0.25, 0.3) is 0 Å². The molecule has 4 heteroatoms. The van der Waals surface area contributed by atoms with Gasteiger partial charge in [0.2, 0.25) is 0 Å². The lowest BCUT2D eigenvalue weighted by Crippen LogP contribution is -2.33. The standard InChI is InChI=1S/C13H26O3S/c1-17(15,16)13-11-9-7-5-3-2-4-6-8-10-12(13)14/h12-14H,2-11H2,1H3. The number of hydrogen-bond acceptors (Lipinski definition) is 3. The van der Waals surface area contributed by atoms with Gasteiger partial charge in [-0.3, -0.25) is 0 Å². The van der Waals surface area contributed by atoms with Crippen LogP contribution in [0, 0.1) is 0 Å². The predicted octanol–water partition coefficient (Wildman–Crippen LogP) is 2.68. The molecular weight excluding hydrogens is 236 g/mol. The van der Waals surface area contributed by atoms with Crippen LogP contribution in [0.3, 0.4) is 0 Å². The Hall–Kier alpha value is -0.0900. The molecule has 1 saturated carbocycles. The van der Waals surface area contributed by atoms with Crippen molar-refractivity contribution >= 4 is 9.84 Å². The van der Waals surface area contributed by atoms with Crippen LogP contribution in [0.2, 0.25) is 0 Å². The van der Waals surface area contributed by atoms with Gasteiger partial charge in [0.25, 0.3) is 0 Å². The van der Waals surface area contributed by atoms with Crippen molar-refractivity contribution in [1.82, 2.24) is 0 Å². The van der Waals surface area contributed by atoms with E-state index >= 15 is 0 Å². The molecule has 0 aromatic carbocycles. The van der Waals surface area contributed by atoms with E-state index in [-0.39, 0.29) is 0 Å². The molecule has 102 valence electrons. The first-order valence-corrected chi connectivity index (χ1v) is 8.84. The van der Waals surface area contributed by atoms with E-state index in [0.717, 1.165) is 25.7 Å². The molecule has 1 aliphatic carbocycles. The third kappa shape index (κ3) is 5.87. The third-order valence-electron chi connectivity index (χ3n) is 3.72. The SMILES string of the molecule is CS(=O)(=O)C1CCCCCCCCCCC1O. The maximum Gasteiger partial charge on any atom is 0.152 e. The molecule has 0 heterocycles. The summed E-state index contributed by atoms with van der Waals surface area (Å²) in [7, 11) is -3.11. The van der Waals surface area contributed by atoms with Crippen LogP contribution in [0.1, 0.15) is 64.2 Å². The highest BCUT2D eigenvalue weighted by molar-refractivity contribution is 7.91. The Kier molecular flexibility index (Phi) is 6.49. The van der Waals surface area contributed by atoms with Crippen LogP contribution in [-0.2, 0) is 9.84 Å². The molecule has 1 aliphatic rings. The second-order valence-electron chi connectivity index (χ2n) is 5.34. The van der Waals surface area contributed by atoms with Gasteiger partial charge in [0.05, 0.1) is 11.4 Å². The van der Waals surface area contributed by atoms with Gasteiger partial charge in [-0.1, -0.05) is 51.4 Å². The normalized spacial score (nSPS) is 30.2. The first-order chi connectivity index (χ1) is 8.02. The van der Waals surface area contributed by atoms with E-state index in [2.05, 4.69) is 0 Å². The second kappa shape index (κ2) is 7.37. The van der Waals surface area contributed by atoms with Crippen molar-refractivity contribution in [3.63, 3.8) is 0 Å². The quantitative estimate of drug-likeness (QED) is 0.790. The highest BCUT2D eigenvalue weighted by atomic mass is 32.2. The molecule has 17 heavy (non-hydrogen) atoms. The summed E-state index contributed by atoms with van der Waals surface area (Å²) in [6.45, 7) is 0. The lowest BCUT2D eigenvalue weighted by Gasteiger charge is -2.22. The lowest BCUT2D eigenvalue weighted by molar-refractivity contribution is 0.149. The van der Waals surface area contributed by atoms with Gasteiger partial charge in [0.15, 0.2) is 9.84 Å². The summed E-state index contributed by atoms with van der Waals surface area (Å²) in [5, 5.41) is 9.47. The summed E-state index contributed by atoms with van der Waals surface area (Å²) >= 11 is 0. The van der Waals surface area contributed by atoms with Gasteiger partial charge in [-0.2, -0.15) is 0 Å². The molecule has 0 aromatic rings. The number of hydrogen-bond donors (Lipinski definition) is 1. The van der Waals surface area contributed by atoms with Crippen molar-refractivity contribution in [2.75, 3.05) is 6.26 Å². The van der Waals surface area contributed by atoms with Crippen molar-refractivity contribution in [3.05, 3.63) is 0 Å². The van der Waals surface area contributed by atoms with Crippen molar-refractivity contribution in [2.24, 2.45) is 0 Å². The zero-order valence-corrected chi connectivity index (χ0v) is 11.7. The smallest absolute Gasteiger partial charge is 0.152 e. The first kappa shape index (κ1) is 15.0. The molecule has 3 nitrogen and oxygen atoms in total. The first-order valence-electron chi connectivity index (χ1n) is 6.89. The fourth-order valence-electron chi connectivity index (χ4n) is 2.64. The number of aliphatic hydroxyl groups is 1. The molecule has 0 aromatic heterocycles. The van der Waals surface area contributed by atoms with E-state index in [9.17, 15) is 13.5 Å². The molecular formula is C13H26O3S. The highest BCUT2D eigenvalue weighted by Crippen LogP contribution is 2.21. The number of sulfone groups is 1. The molecule has 0 bridgehead atoms. The van der Waals surface area contributed by atoms with Gasteiger partial charge in [-0.05, 0) is 12.8 Å². The lowest BCUT2D eigenvalue weighted by atomic mass is 9.99. The van der Waals surface area contributed by atoms with Gasteiger partial charge in [0, 0.05) is 6.26 Å². The number of aliphatic hydroxyl groups excluding tert-OH is 1. The average molecular weight is 262 g/mol. The maximum atomic E-state index is 11.7. The Bertz CT molecular complexity index is 298. The highest BCUT2D eigenvalue weighted by Gasteiger charge is 2.27. The van der Waals surface area contributed by atoms with Crippen LogP contribution in [0.5, 0.6) is 0 Å². The molecule has 1 rings (SSSR count). The van der Waals surface area contributed by atoms with Crippen LogP contribution >= 0.6 is 0 Å². The Balaban J connectivity index is 2.57. The minimum atomic E-state index is -3.11. The Morgan fingerprint density at radius 1 is 0.824 bits per heavy atom. The van der Waals surface area contributed by atoms with Crippen LogP contribution < -0.4 is 0 Å². The molecule has 0 aliphatic heterocycles. The molecule has 1 N–H and O–H groups in total. The number of rotatable bonds is 1. The predicted molar refractivity (Wildman–Crippen MR) is 70.8 cm³/mol. The molecule has 1 fully saturated rings. The van der Waals surface area contributed by atoms with Crippen molar-refractivity contribution < 1.29 is 13.5 Å². The second-order valence-corrected chi connectivity index (χ2v) is 7.61. The van der Waals surface area contributed by atoms with Crippen molar-refractivity contribution in [1.29, 1.82) is 0 Å². The van der Waals surface area contributed by atoms with E-state index in [4.69, 9.17) is 0 Å². The van der Waals surface area contributed by atoms with E-state index in [1.807, 2.05) is 0 Å². The zero-order chi connectivity index (χ0) is 12.7. The summed E-state index contributed by atoms with van der Waals surface area (Å²) < 4.78 is 23.3. The largest absolute Gasteiger partial charge is 0.392 e. The fourth-order valence-corrected chi connectivity index (χ4v) is 3.94. The Labute approximate surface area is 106 Å². The Morgan fingerprint density at radius 3 is 1.71 bits per heavy atom. The summed E-state index contributed by atoms with van der Waals surface area (Å²) in [5.74, 6) is 0. The van der Waals surface area contributed by atoms with Crippen molar-refractivity contribution in [2.45, 2.75) is 75.6 Å². The minimum Gasteiger partial charge on any atom is -0.392 e. The maximum absolute atomic E-state index is 11.7. The molecule has 0 amide bonds. The molecule has 2 unspecified atom stereocenters. The van der Waals surface area contributed by atoms with Crippen LogP contribution in [0.4, 0.5) is 0 Å². The summed E-state index contributed by atoms with van der Waals surface area (Å²) in [4.78, 5) is 0. The monoisotopic (exact) mass is 262 g/mol. The van der Waals surface area contributed by atoms with Gasteiger partial charge in [-0.25, -0.2) is 8.42 Å². The van der Waals surface area contributed by atoms with E-state index < -0.39 is 21.2 Å². The van der Waals surface area contributed by atoms with Crippen molar-refractivity contribution in [3.8, 4) is 0 Å². The topological polar surface area (TPSA) is 54.4 Å². The van der Waals surface area contributed by atoms with E-state index in [1.165, 1.54) is 31.9 Å². The van der Waals surface area contributed by atoms with Gasteiger partial charge < -0.3 is 5.11 Å². The van der Waals surface area contributed by atoms with Gasteiger partial charge in [-0.15, -0.1) is 0 Å². The molecule has 0 spiro atoms. The average Bonchev–Trinajstić information content (AvgIpc) is 2.21. The summed E-state index contributed by atoms with van der Waals surface area (Å²) in [5.41, 5.74) is 0. The summed E-state index contributed by atoms with van der Waals surface area (Å²) in [6.07, 6.45) is 10.9.